The fraction of sp³-hybridized carbons (Fsp3) is 1.00. The predicted octanol–water partition coefficient (Wildman–Crippen LogP) is 0.858. The van der Waals surface area contributed by atoms with E-state index in [0.29, 0.717) is 0 Å². The summed E-state index contributed by atoms with van der Waals surface area (Å²) in [6.45, 7) is 6.37. The van der Waals surface area contributed by atoms with E-state index in [1.807, 2.05) is 7.05 Å². The molecule has 0 heterocycles. The summed E-state index contributed by atoms with van der Waals surface area (Å²) < 4.78 is 4.97. The van der Waals surface area contributed by atoms with Crippen molar-refractivity contribution in [2.24, 2.45) is 5.92 Å². The van der Waals surface area contributed by atoms with Crippen molar-refractivity contribution in [1.82, 2.24) is 10.6 Å². The number of methoxy groups -OCH3 is 1. The summed E-state index contributed by atoms with van der Waals surface area (Å²) in [5.41, 5.74) is 0. The van der Waals surface area contributed by atoms with Crippen LogP contribution in [-0.2, 0) is 4.74 Å². The summed E-state index contributed by atoms with van der Waals surface area (Å²) >= 11 is 0. The molecule has 1 atom stereocenters. The quantitative estimate of drug-likeness (QED) is 0.527. The molecule has 0 aromatic rings. The zero-order valence-electron chi connectivity index (χ0n) is 9.23. The van der Waals surface area contributed by atoms with E-state index in [4.69, 9.17) is 4.74 Å². The molecule has 3 nitrogen and oxygen atoms in total. The second kappa shape index (κ2) is 9.96. The average Bonchev–Trinajstić information content (AvgIpc) is 2.16. The molecule has 0 aromatic heterocycles. The third-order valence-corrected chi connectivity index (χ3v) is 2.21. The number of ether oxygens (including phenoxy) is 1. The van der Waals surface area contributed by atoms with Crippen molar-refractivity contribution in [2.45, 2.75) is 19.8 Å². The van der Waals surface area contributed by atoms with E-state index in [-0.39, 0.29) is 0 Å². The molecule has 0 aliphatic carbocycles. The number of hydrogen-bond acceptors (Lipinski definition) is 3. The van der Waals surface area contributed by atoms with Gasteiger partial charge in [0.25, 0.3) is 0 Å². The molecule has 0 bridgehead atoms. The summed E-state index contributed by atoms with van der Waals surface area (Å²) in [6.07, 6.45) is 2.34. The van der Waals surface area contributed by atoms with E-state index < -0.39 is 0 Å². The first-order chi connectivity index (χ1) is 6.35. The smallest absolute Gasteiger partial charge is 0.0474 e. The van der Waals surface area contributed by atoms with Gasteiger partial charge in [-0.05, 0) is 39.0 Å². The third-order valence-electron chi connectivity index (χ3n) is 2.21. The zero-order valence-corrected chi connectivity index (χ0v) is 9.23. The largest absolute Gasteiger partial charge is 0.385 e. The molecule has 0 saturated heterocycles. The fourth-order valence-electron chi connectivity index (χ4n) is 1.30. The van der Waals surface area contributed by atoms with Gasteiger partial charge in [-0.2, -0.15) is 0 Å². The number of nitrogens with one attached hydrogen (secondary N) is 2. The minimum absolute atomic E-state index is 0.757. The van der Waals surface area contributed by atoms with E-state index in [1.165, 1.54) is 6.42 Å². The molecular formula is C10H24N2O. The Kier molecular flexibility index (Phi) is 9.87. The van der Waals surface area contributed by atoms with Gasteiger partial charge in [0, 0.05) is 13.7 Å². The highest BCUT2D eigenvalue weighted by Crippen LogP contribution is 1.97. The van der Waals surface area contributed by atoms with E-state index in [2.05, 4.69) is 17.6 Å². The second-order valence-electron chi connectivity index (χ2n) is 3.38. The van der Waals surface area contributed by atoms with Gasteiger partial charge in [-0.3, -0.25) is 0 Å². The van der Waals surface area contributed by atoms with Crippen molar-refractivity contribution in [3.63, 3.8) is 0 Å². The average molecular weight is 188 g/mol. The van der Waals surface area contributed by atoms with Gasteiger partial charge in [0.1, 0.15) is 0 Å². The van der Waals surface area contributed by atoms with Crippen molar-refractivity contribution in [1.29, 1.82) is 0 Å². The maximum absolute atomic E-state index is 4.97. The molecule has 0 radical (unpaired) electrons. The lowest BCUT2D eigenvalue weighted by Gasteiger charge is -2.14. The van der Waals surface area contributed by atoms with Crippen molar-refractivity contribution in [3.8, 4) is 0 Å². The summed E-state index contributed by atoms with van der Waals surface area (Å²) in [5, 5.41) is 6.64. The van der Waals surface area contributed by atoms with Gasteiger partial charge in [-0.1, -0.05) is 13.3 Å². The van der Waals surface area contributed by atoms with Crippen molar-refractivity contribution in [2.75, 3.05) is 40.4 Å². The first-order valence-electron chi connectivity index (χ1n) is 5.19. The van der Waals surface area contributed by atoms with Crippen LogP contribution < -0.4 is 10.6 Å². The Morgan fingerprint density at radius 1 is 1.31 bits per heavy atom. The Balaban J connectivity index is 3.17. The molecule has 2 N–H and O–H groups in total. The first kappa shape index (κ1) is 12.9. The molecule has 3 heteroatoms. The van der Waals surface area contributed by atoms with Crippen LogP contribution in [0.15, 0.2) is 0 Å². The van der Waals surface area contributed by atoms with Crippen molar-refractivity contribution < 1.29 is 4.74 Å². The van der Waals surface area contributed by atoms with Crippen LogP contribution in [0.3, 0.4) is 0 Å². The van der Waals surface area contributed by atoms with Gasteiger partial charge in [0.05, 0.1) is 0 Å². The topological polar surface area (TPSA) is 33.3 Å². The molecule has 0 amide bonds. The van der Waals surface area contributed by atoms with E-state index in [9.17, 15) is 0 Å². The summed E-state index contributed by atoms with van der Waals surface area (Å²) in [5.74, 6) is 0.757. The highest BCUT2D eigenvalue weighted by atomic mass is 16.5. The van der Waals surface area contributed by atoms with E-state index in [1.54, 1.807) is 7.11 Å². The lowest BCUT2D eigenvalue weighted by Crippen LogP contribution is -2.30. The maximum Gasteiger partial charge on any atom is 0.0474 e. The van der Waals surface area contributed by atoms with Gasteiger partial charge in [-0.25, -0.2) is 0 Å². The lowest BCUT2D eigenvalue weighted by molar-refractivity contribution is 0.193. The zero-order chi connectivity index (χ0) is 9.94. The standard InChI is InChI=1S/C10H24N2O/c1-4-10(8-11-2)9-12-6-5-7-13-3/h10-12H,4-9H2,1-3H3. The Hall–Kier alpha value is -0.120. The van der Waals surface area contributed by atoms with Gasteiger partial charge in [0.2, 0.25) is 0 Å². The first-order valence-corrected chi connectivity index (χ1v) is 5.19. The molecule has 0 aliphatic heterocycles. The van der Waals surface area contributed by atoms with Crippen LogP contribution in [0.2, 0.25) is 0 Å². The molecule has 1 unspecified atom stereocenters. The van der Waals surface area contributed by atoms with Crippen LogP contribution in [-0.4, -0.2) is 40.4 Å². The van der Waals surface area contributed by atoms with Gasteiger partial charge >= 0.3 is 0 Å². The predicted molar refractivity (Wildman–Crippen MR) is 57.1 cm³/mol. The lowest BCUT2D eigenvalue weighted by atomic mass is 10.1. The fourth-order valence-corrected chi connectivity index (χ4v) is 1.30. The highest BCUT2D eigenvalue weighted by Gasteiger charge is 2.02. The Labute approximate surface area is 82.2 Å². The summed E-state index contributed by atoms with van der Waals surface area (Å²) in [6, 6.07) is 0. The third kappa shape index (κ3) is 8.22. The summed E-state index contributed by atoms with van der Waals surface area (Å²) in [4.78, 5) is 0. The Morgan fingerprint density at radius 3 is 2.62 bits per heavy atom. The van der Waals surface area contributed by atoms with Crippen molar-refractivity contribution in [3.05, 3.63) is 0 Å². The molecule has 0 rings (SSSR count). The Morgan fingerprint density at radius 2 is 2.08 bits per heavy atom. The van der Waals surface area contributed by atoms with Crippen LogP contribution >= 0.6 is 0 Å². The minimum atomic E-state index is 0.757. The molecule has 13 heavy (non-hydrogen) atoms. The monoisotopic (exact) mass is 188 g/mol. The van der Waals surface area contributed by atoms with Gasteiger partial charge in [-0.15, -0.1) is 0 Å². The molecule has 0 aromatic carbocycles. The van der Waals surface area contributed by atoms with E-state index >= 15 is 0 Å². The maximum atomic E-state index is 4.97. The van der Waals surface area contributed by atoms with E-state index in [0.717, 1.165) is 38.6 Å². The molecule has 0 aliphatic rings. The molecular weight excluding hydrogens is 164 g/mol. The molecule has 0 spiro atoms. The number of hydrogen-bond donors (Lipinski definition) is 2. The van der Waals surface area contributed by atoms with Crippen LogP contribution in [0.5, 0.6) is 0 Å². The number of rotatable bonds is 9. The van der Waals surface area contributed by atoms with Gasteiger partial charge < -0.3 is 15.4 Å². The van der Waals surface area contributed by atoms with Crippen LogP contribution in [0.25, 0.3) is 0 Å². The van der Waals surface area contributed by atoms with Gasteiger partial charge in [0.15, 0.2) is 0 Å². The molecule has 0 saturated carbocycles. The normalized spacial score (nSPS) is 13.2. The summed E-state index contributed by atoms with van der Waals surface area (Å²) in [7, 11) is 3.75. The minimum Gasteiger partial charge on any atom is -0.385 e. The van der Waals surface area contributed by atoms with Crippen LogP contribution in [0.1, 0.15) is 19.8 Å². The SMILES string of the molecule is CCC(CNC)CNCCCOC. The van der Waals surface area contributed by atoms with Crippen LogP contribution in [0.4, 0.5) is 0 Å². The molecule has 80 valence electrons. The van der Waals surface area contributed by atoms with Crippen molar-refractivity contribution >= 4 is 0 Å². The molecule has 0 fully saturated rings. The Bertz CT molecular complexity index is 98.9. The second-order valence-corrected chi connectivity index (χ2v) is 3.38. The van der Waals surface area contributed by atoms with Crippen LogP contribution in [0, 0.1) is 5.92 Å². The highest BCUT2D eigenvalue weighted by molar-refractivity contribution is 4.62.